The first kappa shape index (κ1) is 25.3. The van der Waals surface area contributed by atoms with Crippen LogP contribution >= 0.6 is 0 Å². The Morgan fingerprint density at radius 1 is 0.317 bits per heavy atom. The van der Waals surface area contributed by atoms with Crippen LogP contribution in [0.4, 0.5) is 0 Å². The summed E-state index contributed by atoms with van der Waals surface area (Å²) in [6, 6.07) is 42.2. The second-order valence-corrected chi connectivity index (χ2v) is 15.2. The molecule has 0 saturated heterocycles. The molecular weight excluding hydrogens is 767 g/mol. The maximum absolute atomic E-state index is 9.70. The van der Waals surface area contributed by atoms with Crippen molar-refractivity contribution in [3.8, 4) is 51.0 Å². The SMILES string of the molecule is [2H]c1cc([2H])c2c(c1)c1cc([2H])cc([2H])c1n2-c1cc(-c2cc(-c3ccccc3)nc(-c3ccccc3)n2)cc(-n2c3c([2H])cc([2H])cc3c3cc([2H])cc([2H])c32)c1-n1c2c([2H])cc([2H])cc2c2cc([2H])cc([2H])c21. The number of para-hydroxylation sites is 6. The number of hydrogen-bond donors (Lipinski definition) is 0. The van der Waals surface area contributed by atoms with E-state index in [1.807, 2.05) is 78.9 Å². The van der Waals surface area contributed by atoms with Crippen LogP contribution in [0, 0.1) is 0 Å². The van der Waals surface area contributed by atoms with E-state index in [0.717, 1.165) is 11.1 Å². The van der Waals surface area contributed by atoms with E-state index in [4.69, 9.17) is 18.2 Å². The molecule has 4 heterocycles. The molecule has 0 aliphatic rings. The fraction of sp³-hybridized carbons (Fsp3) is 0. The van der Waals surface area contributed by atoms with Gasteiger partial charge in [0.15, 0.2) is 5.82 Å². The predicted molar refractivity (Wildman–Crippen MR) is 261 cm³/mol. The highest BCUT2D eigenvalue weighted by atomic mass is 15.1. The largest absolute Gasteiger partial charge is 0.307 e. The predicted octanol–water partition coefficient (Wildman–Crippen LogP) is 14.8. The van der Waals surface area contributed by atoms with Crippen LogP contribution in [0.1, 0.15) is 16.4 Å². The van der Waals surface area contributed by atoms with Crippen molar-refractivity contribution < 1.29 is 16.4 Å². The molecule has 0 saturated carbocycles. The Kier molecular flexibility index (Phi) is 5.62. The minimum atomic E-state index is -0.0963. The first-order chi connectivity index (χ1) is 36.1. The van der Waals surface area contributed by atoms with E-state index in [2.05, 4.69) is 0 Å². The van der Waals surface area contributed by atoms with Crippen molar-refractivity contribution in [2.24, 2.45) is 0 Å². The maximum Gasteiger partial charge on any atom is 0.160 e. The average Bonchev–Trinajstić information content (AvgIpc) is 4.00. The summed E-state index contributed by atoms with van der Waals surface area (Å²) in [4.78, 5) is 10.3. The number of aromatic nitrogens is 5. The Morgan fingerprint density at radius 3 is 1.03 bits per heavy atom. The van der Waals surface area contributed by atoms with Gasteiger partial charge in [-0.25, -0.2) is 9.97 Å². The number of hydrogen-bond acceptors (Lipinski definition) is 2. The third-order valence-corrected chi connectivity index (χ3v) is 11.8. The topological polar surface area (TPSA) is 40.6 Å². The molecule has 5 heteroatoms. The van der Waals surface area contributed by atoms with E-state index in [-0.39, 0.29) is 123 Å². The molecule has 63 heavy (non-hydrogen) atoms. The summed E-state index contributed by atoms with van der Waals surface area (Å²) < 4.78 is 116. The van der Waals surface area contributed by atoms with Crippen molar-refractivity contribution in [1.82, 2.24) is 23.7 Å². The molecule has 0 aliphatic heterocycles. The van der Waals surface area contributed by atoms with Gasteiger partial charge in [0.2, 0.25) is 0 Å². The molecule has 9 aromatic carbocycles. The molecule has 0 amide bonds. The highest BCUT2D eigenvalue weighted by Crippen LogP contribution is 2.45. The zero-order valence-corrected chi connectivity index (χ0v) is 33.2. The Hall–Kier alpha value is -8.54. The van der Waals surface area contributed by atoms with Crippen molar-refractivity contribution in [3.05, 3.63) is 224 Å². The van der Waals surface area contributed by atoms with Gasteiger partial charge in [-0.3, -0.25) is 0 Å². The lowest BCUT2D eigenvalue weighted by Gasteiger charge is -2.23. The smallest absolute Gasteiger partial charge is 0.160 e. The second kappa shape index (κ2) is 14.0. The summed E-state index contributed by atoms with van der Waals surface area (Å²) >= 11 is 0. The highest BCUT2D eigenvalue weighted by molar-refractivity contribution is 6.14. The number of rotatable bonds is 6. The van der Waals surface area contributed by atoms with Gasteiger partial charge in [-0.15, -0.1) is 0 Å². The summed E-state index contributed by atoms with van der Waals surface area (Å²) in [6.07, 6.45) is 0. The van der Waals surface area contributed by atoms with Crippen molar-refractivity contribution in [2.45, 2.75) is 0 Å². The quantitative estimate of drug-likeness (QED) is 0.168. The van der Waals surface area contributed by atoms with Crippen LogP contribution < -0.4 is 0 Å². The molecule has 4 aromatic heterocycles. The summed E-state index contributed by atoms with van der Waals surface area (Å²) in [6.45, 7) is 0. The zero-order chi connectivity index (χ0) is 51.9. The first-order valence-corrected chi connectivity index (χ1v) is 20.4. The zero-order valence-electron chi connectivity index (χ0n) is 45.2. The van der Waals surface area contributed by atoms with Gasteiger partial charge in [0.1, 0.15) is 0 Å². The van der Waals surface area contributed by atoms with Crippen LogP contribution in [-0.4, -0.2) is 23.7 Å². The normalized spacial score (nSPS) is 14.5. The van der Waals surface area contributed by atoms with Crippen molar-refractivity contribution >= 4 is 65.4 Å². The number of fused-ring (bicyclic) bond motifs is 9. The fourth-order valence-electron chi connectivity index (χ4n) is 9.06. The highest BCUT2D eigenvalue weighted by Gasteiger charge is 2.26. The van der Waals surface area contributed by atoms with E-state index in [9.17, 15) is 8.22 Å². The van der Waals surface area contributed by atoms with Gasteiger partial charge >= 0.3 is 0 Å². The molecule has 5 nitrogen and oxygen atoms in total. The Bertz CT molecular complexity index is 4210. The van der Waals surface area contributed by atoms with Gasteiger partial charge in [-0.1, -0.05) is 170 Å². The third-order valence-electron chi connectivity index (χ3n) is 11.8. The van der Waals surface area contributed by atoms with Gasteiger partial charge in [0.25, 0.3) is 0 Å². The first-order valence-electron chi connectivity index (χ1n) is 26.4. The van der Waals surface area contributed by atoms with Crippen LogP contribution in [0.3, 0.4) is 0 Å². The lowest BCUT2D eigenvalue weighted by molar-refractivity contribution is 1.05. The minimum absolute atomic E-state index is 0.0199. The van der Waals surface area contributed by atoms with E-state index in [1.54, 1.807) is 50.1 Å². The van der Waals surface area contributed by atoms with Gasteiger partial charge in [-0.2, -0.15) is 0 Å². The fourth-order valence-corrected chi connectivity index (χ4v) is 9.06. The Morgan fingerprint density at radius 2 is 0.651 bits per heavy atom. The number of benzene rings is 9. The van der Waals surface area contributed by atoms with Crippen LogP contribution in [-0.2, 0) is 0 Å². The van der Waals surface area contributed by atoms with Crippen molar-refractivity contribution in [2.75, 3.05) is 0 Å². The van der Waals surface area contributed by atoms with Crippen molar-refractivity contribution in [1.29, 1.82) is 0 Å². The third kappa shape index (κ3) is 5.43. The molecule has 0 aliphatic carbocycles. The minimum Gasteiger partial charge on any atom is -0.307 e. The summed E-state index contributed by atoms with van der Waals surface area (Å²) in [5.41, 5.74) is 5.26. The van der Waals surface area contributed by atoms with Crippen LogP contribution in [0.15, 0.2) is 224 Å². The van der Waals surface area contributed by atoms with E-state index < -0.39 is 0 Å². The lowest BCUT2D eigenvalue weighted by Crippen LogP contribution is -2.10. The van der Waals surface area contributed by atoms with Gasteiger partial charge < -0.3 is 13.7 Å². The molecule has 13 rings (SSSR count). The Labute approximate surface area is 379 Å². The van der Waals surface area contributed by atoms with Gasteiger partial charge in [0.05, 0.1) is 78.0 Å². The van der Waals surface area contributed by atoms with Crippen LogP contribution in [0.25, 0.3) is 116 Å². The van der Waals surface area contributed by atoms with E-state index in [1.165, 1.54) is 36.4 Å². The van der Waals surface area contributed by atoms with Crippen molar-refractivity contribution in [3.63, 3.8) is 0 Å². The molecular formula is C58H37N5. The summed E-state index contributed by atoms with van der Waals surface area (Å²) in [5, 5.41) is 2.44. The van der Waals surface area contributed by atoms with Crippen LogP contribution in [0.5, 0.6) is 0 Å². The molecule has 0 fully saturated rings. The molecule has 0 spiro atoms. The molecule has 0 unspecified atom stereocenters. The Balaban J connectivity index is 1.34. The standard InChI is InChI=1S/C58H37N5/c1-3-19-38(20-4-1)47-37-48(60-58(59-47)39-21-5-2-6-22-39)40-35-55(61-49-29-13-7-23-41(49)42-24-8-14-30-50(42)61)57(63-53-33-17-11-27-45(53)46-28-12-18-34-54(46)63)56(36-40)62-51-31-15-9-25-43(51)44-26-10-16-32-52(44)62/h1-37H/i7D,8D,9D,10D,11D,12D,29D,30D,31D,32D,33D,34D. The van der Waals surface area contributed by atoms with Gasteiger partial charge in [-0.05, 0) is 54.5 Å². The molecule has 0 N–H and O–H groups in total. The summed E-state index contributed by atoms with van der Waals surface area (Å²) in [5.74, 6) is 0.394. The lowest BCUT2D eigenvalue weighted by atomic mass is 10.0. The molecule has 0 bridgehead atoms. The summed E-state index contributed by atoms with van der Waals surface area (Å²) in [7, 11) is 0. The number of nitrogens with zero attached hydrogens (tertiary/aromatic N) is 5. The molecule has 0 atom stereocenters. The molecule has 0 radical (unpaired) electrons. The van der Waals surface area contributed by atoms with E-state index >= 15 is 0 Å². The monoisotopic (exact) mass is 815 g/mol. The second-order valence-electron chi connectivity index (χ2n) is 15.2. The van der Waals surface area contributed by atoms with E-state index in [0.29, 0.717) is 55.1 Å². The molecule has 13 aromatic rings. The average molecular weight is 816 g/mol. The van der Waals surface area contributed by atoms with Crippen LogP contribution in [0.2, 0.25) is 0 Å². The molecule has 294 valence electrons. The van der Waals surface area contributed by atoms with Gasteiger partial charge in [0, 0.05) is 49.0 Å². The maximum atomic E-state index is 9.70.